The lowest BCUT2D eigenvalue weighted by atomic mass is 9.99. The zero-order chi connectivity index (χ0) is 13.1. The average Bonchev–Trinajstić information content (AvgIpc) is 2.24. The smallest absolute Gasteiger partial charge is 0.312 e. The standard InChI is InChI=1S/C12H17F3N2/c1-16-11(8-17(2)3)9-6-4-5-7-10(9)12(13,14)15/h4-7,11,16H,8H2,1-3H3. The number of benzene rings is 1. The van der Waals surface area contributed by atoms with Crippen LogP contribution < -0.4 is 5.32 Å². The molecule has 0 aliphatic rings. The van der Waals surface area contributed by atoms with Crippen LogP contribution in [0.3, 0.4) is 0 Å². The van der Waals surface area contributed by atoms with Crippen LogP contribution in [0.25, 0.3) is 0 Å². The molecular formula is C12H17F3N2. The van der Waals surface area contributed by atoms with Crippen LogP contribution in [0.15, 0.2) is 24.3 Å². The predicted octanol–water partition coefficient (Wildman–Crippen LogP) is 2.53. The lowest BCUT2D eigenvalue weighted by Gasteiger charge is -2.24. The number of hydrogen-bond donors (Lipinski definition) is 1. The molecule has 17 heavy (non-hydrogen) atoms. The minimum atomic E-state index is -4.31. The molecule has 0 amide bonds. The Hall–Kier alpha value is -1.07. The van der Waals surface area contributed by atoms with Crippen molar-refractivity contribution in [2.24, 2.45) is 0 Å². The highest BCUT2D eigenvalue weighted by Gasteiger charge is 2.34. The summed E-state index contributed by atoms with van der Waals surface area (Å²) in [5.74, 6) is 0. The summed E-state index contributed by atoms with van der Waals surface area (Å²) in [6.45, 7) is 0.517. The van der Waals surface area contributed by atoms with Crippen molar-refractivity contribution in [2.75, 3.05) is 27.7 Å². The van der Waals surface area contributed by atoms with E-state index in [-0.39, 0.29) is 11.6 Å². The summed E-state index contributed by atoms with van der Waals surface area (Å²) in [5, 5.41) is 2.92. The molecule has 1 aromatic carbocycles. The number of alkyl halides is 3. The molecule has 0 heterocycles. The Bertz CT molecular complexity index is 361. The molecule has 0 aromatic heterocycles. The Labute approximate surface area is 99.4 Å². The Kier molecular flexibility index (Phi) is 4.54. The molecule has 0 aliphatic carbocycles. The zero-order valence-electron chi connectivity index (χ0n) is 10.2. The van der Waals surface area contributed by atoms with Gasteiger partial charge in [0.1, 0.15) is 0 Å². The fourth-order valence-electron chi connectivity index (χ4n) is 1.77. The van der Waals surface area contributed by atoms with Crippen molar-refractivity contribution in [2.45, 2.75) is 12.2 Å². The third kappa shape index (κ3) is 3.71. The SMILES string of the molecule is CNC(CN(C)C)c1ccccc1C(F)(F)F. The van der Waals surface area contributed by atoms with Crippen LogP contribution in [0, 0.1) is 0 Å². The highest BCUT2D eigenvalue weighted by molar-refractivity contribution is 5.32. The van der Waals surface area contributed by atoms with Crippen LogP contribution in [0.2, 0.25) is 0 Å². The molecule has 0 saturated carbocycles. The lowest BCUT2D eigenvalue weighted by molar-refractivity contribution is -0.138. The topological polar surface area (TPSA) is 15.3 Å². The van der Waals surface area contributed by atoms with Gasteiger partial charge in [0.25, 0.3) is 0 Å². The van der Waals surface area contributed by atoms with E-state index in [9.17, 15) is 13.2 Å². The molecule has 1 unspecified atom stereocenters. The van der Waals surface area contributed by atoms with Gasteiger partial charge in [0.15, 0.2) is 0 Å². The second-order valence-electron chi connectivity index (χ2n) is 4.19. The third-order valence-corrected chi connectivity index (χ3v) is 2.54. The van der Waals surface area contributed by atoms with Gasteiger partial charge in [-0.3, -0.25) is 0 Å². The zero-order valence-corrected chi connectivity index (χ0v) is 10.2. The van der Waals surface area contributed by atoms with Gasteiger partial charge in [-0.2, -0.15) is 13.2 Å². The number of hydrogen-bond acceptors (Lipinski definition) is 2. The first kappa shape index (κ1) is 14.0. The van der Waals surface area contributed by atoms with Gasteiger partial charge in [-0.1, -0.05) is 18.2 Å². The monoisotopic (exact) mass is 246 g/mol. The maximum Gasteiger partial charge on any atom is 0.416 e. The van der Waals surface area contributed by atoms with Gasteiger partial charge in [0.2, 0.25) is 0 Å². The number of nitrogens with one attached hydrogen (secondary N) is 1. The van der Waals surface area contributed by atoms with Gasteiger partial charge >= 0.3 is 6.18 Å². The van der Waals surface area contributed by atoms with E-state index in [1.165, 1.54) is 12.1 Å². The van der Waals surface area contributed by atoms with Gasteiger partial charge in [-0.05, 0) is 32.8 Å². The molecule has 96 valence electrons. The minimum Gasteiger partial charge on any atom is -0.312 e. The number of likely N-dealkylation sites (N-methyl/N-ethyl adjacent to an activating group) is 2. The summed E-state index contributed by atoms with van der Waals surface area (Å²) < 4.78 is 38.5. The maximum absolute atomic E-state index is 12.8. The Morgan fingerprint density at radius 2 is 1.82 bits per heavy atom. The lowest BCUT2D eigenvalue weighted by Crippen LogP contribution is -2.30. The van der Waals surface area contributed by atoms with Crippen molar-refractivity contribution in [3.8, 4) is 0 Å². The highest BCUT2D eigenvalue weighted by Crippen LogP contribution is 2.34. The van der Waals surface area contributed by atoms with E-state index in [1.807, 2.05) is 19.0 Å². The van der Waals surface area contributed by atoms with Crippen LogP contribution in [-0.4, -0.2) is 32.6 Å². The molecule has 0 bridgehead atoms. The van der Waals surface area contributed by atoms with Gasteiger partial charge in [0, 0.05) is 12.6 Å². The maximum atomic E-state index is 12.8. The fraction of sp³-hybridized carbons (Fsp3) is 0.500. The Morgan fingerprint density at radius 3 is 2.29 bits per heavy atom. The molecular weight excluding hydrogens is 229 g/mol. The first-order valence-corrected chi connectivity index (χ1v) is 5.34. The molecule has 0 spiro atoms. The van der Waals surface area contributed by atoms with E-state index in [4.69, 9.17) is 0 Å². The van der Waals surface area contributed by atoms with E-state index >= 15 is 0 Å². The van der Waals surface area contributed by atoms with Crippen LogP contribution in [-0.2, 0) is 6.18 Å². The first-order valence-electron chi connectivity index (χ1n) is 5.34. The summed E-state index contributed by atoms with van der Waals surface area (Å²) in [5.41, 5.74) is -0.280. The fourth-order valence-corrected chi connectivity index (χ4v) is 1.77. The molecule has 0 saturated heterocycles. The highest BCUT2D eigenvalue weighted by atomic mass is 19.4. The van der Waals surface area contributed by atoms with Crippen LogP contribution >= 0.6 is 0 Å². The Balaban J connectivity index is 3.11. The van der Waals surface area contributed by atoms with E-state index in [0.29, 0.717) is 6.54 Å². The van der Waals surface area contributed by atoms with E-state index in [1.54, 1.807) is 13.1 Å². The summed E-state index contributed by atoms with van der Waals surface area (Å²) in [4.78, 5) is 1.86. The molecule has 1 N–H and O–H groups in total. The molecule has 1 atom stereocenters. The molecule has 5 heteroatoms. The van der Waals surface area contributed by atoms with Crippen LogP contribution in [0.5, 0.6) is 0 Å². The van der Waals surface area contributed by atoms with Gasteiger partial charge in [0.05, 0.1) is 5.56 Å². The molecule has 1 aromatic rings. The average molecular weight is 246 g/mol. The van der Waals surface area contributed by atoms with Crippen LogP contribution in [0.1, 0.15) is 17.2 Å². The summed E-state index contributed by atoms with van der Waals surface area (Å²) in [6, 6.07) is 5.35. The van der Waals surface area contributed by atoms with Gasteiger partial charge in [-0.15, -0.1) is 0 Å². The molecule has 0 fully saturated rings. The second kappa shape index (κ2) is 5.51. The second-order valence-corrected chi connectivity index (χ2v) is 4.19. The third-order valence-electron chi connectivity index (χ3n) is 2.54. The van der Waals surface area contributed by atoms with Crippen molar-refractivity contribution in [3.05, 3.63) is 35.4 Å². The van der Waals surface area contributed by atoms with Gasteiger partial charge < -0.3 is 10.2 Å². The molecule has 0 aliphatic heterocycles. The number of rotatable bonds is 4. The molecule has 1 rings (SSSR count). The van der Waals surface area contributed by atoms with E-state index in [2.05, 4.69) is 5.32 Å². The van der Waals surface area contributed by atoms with E-state index < -0.39 is 11.7 Å². The van der Waals surface area contributed by atoms with Gasteiger partial charge in [-0.25, -0.2) is 0 Å². The quantitative estimate of drug-likeness (QED) is 0.878. The van der Waals surface area contributed by atoms with Crippen molar-refractivity contribution in [1.82, 2.24) is 10.2 Å². The first-order chi connectivity index (χ1) is 7.86. The minimum absolute atomic E-state index is 0.288. The normalized spacial score (nSPS) is 14.1. The summed E-state index contributed by atoms with van der Waals surface area (Å²) in [7, 11) is 5.34. The number of nitrogens with zero attached hydrogens (tertiary/aromatic N) is 1. The largest absolute Gasteiger partial charge is 0.416 e. The van der Waals surface area contributed by atoms with Crippen molar-refractivity contribution >= 4 is 0 Å². The molecule has 0 radical (unpaired) electrons. The van der Waals surface area contributed by atoms with Crippen molar-refractivity contribution in [1.29, 1.82) is 0 Å². The predicted molar refractivity (Wildman–Crippen MR) is 61.8 cm³/mol. The van der Waals surface area contributed by atoms with Crippen molar-refractivity contribution in [3.63, 3.8) is 0 Å². The summed E-state index contributed by atoms with van der Waals surface area (Å²) in [6.07, 6.45) is -4.31. The van der Waals surface area contributed by atoms with E-state index in [0.717, 1.165) is 6.07 Å². The Morgan fingerprint density at radius 1 is 1.24 bits per heavy atom. The van der Waals surface area contributed by atoms with Crippen molar-refractivity contribution < 1.29 is 13.2 Å². The van der Waals surface area contributed by atoms with Crippen LogP contribution in [0.4, 0.5) is 13.2 Å². The molecule has 2 nitrogen and oxygen atoms in total. The number of halogens is 3. The summed E-state index contributed by atoms with van der Waals surface area (Å²) >= 11 is 0.